The van der Waals surface area contributed by atoms with Crippen LogP contribution in [-0.2, 0) is 17.3 Å². The van der Waals surface area contributed by atoms with E-state index in [0.717, 1.165) is 12.0 Å². The molecule has 0 bridgehead atoms. The Morgan fingerprint density at radius 2 is 1.84 bits per heavy atom. The zero-order valence-corrected chi connectivity index (χ0v) is 12.8. The molecule has 1 aromatic rings. The third-order valence-electron chi connectivity index (χ3n) is 5.66. The Labute approximate surface area is 116 Å². The molecule has 0 aromatic heterocycles. The lowest BCUT2D eigenvalue weighted by atomic mass is 9.62. The Balaban J connectivity index is 2.37. The SMILES string of the molecule is CC(=O)c1cc2c3c(c1C)CCC3(C)CCC2(C)C. The van der Waals surface area contributed by atoms with Crippen LogP contribution in [0.15, 0.2) is 6.07 Å². The first-order chi connectivity index (χ1) is 8.76. The number of benzene rings is 1. The van der Waals surface area contributed by atoms with Crippen LogP contribution in [0.2, 0.25) is 0 Å². The monoisotopic (exact) mass is 256 g/mol. The molecule has 0 saturated carbocycles. The van der Waals surface area contributed by atoms with Crippen LogP contribution in [0.1, 0.15) is 79.6 Å². The number of hydrogen-bond donors (Lipinski definition) is 0. The van der Waals surface area contributed by atoms with Crippen molar-refractivity contribution in [3.05, 3.63) is 33.9 Å². The predicted molar refractivity (Wildman–Crippen MR) is 79.1 cm³/mol. The first-order valence-electron chi connectivity index (χ1n) is 7.45. The molecule has 1 heteroatoms. The molecule has 0 fully saturated rings. The molecule has 0 amide bonds. The number of Topliss-reactive ketones (excluding diaryl/α,β-unsaturated/α-hetero) is 1. The van der Waals surface area contributed by atoms with E-state index in [1.54, 1.807) is 12.5 Å². The fourth-order valence-corrected chi connectivity index (χ4v) is 4.24. The van der Waals surface area contributed by atoms with E-state index < -0.39 is 0 Å². The van der Waals surface area contributed by atoms with Crippen LogP contribution < -0.4 is 0 Å². The van der Waals surface area contributed by atoms with Gasteiger partial charge in [0.2, 0.25) is 0 Å². The molecular formula is C18H24O. The number of ketones is 1. The molecule has 0 heterocycles. The molecule has 2 aliphatic carbocycles. The van der Waals surface area contributed by atoms with Crippen LogP contribution in [0.3, 0.4) is 0 Å². The summed E-state index contributed by atoms with van der Waals surface area (Å²) < 4.78 is 0. The van der Waals surface area contributed by atoms with Crippen molar-refractivity contribution in [2.24, 2.45) is 0 Å². The lowest BCUT2D eigenvalue weighted by molar-refractivity contribution is 0.101. The Morgan fingerprint density at radius 3 is 2.47 bits per heavy atom. The summed E-state index contributed by atoms with van der Waals surface area (Å²) in [6.07, 6.45) is 4.94. The van der Waals surface area contributed by atoms with Crippen molar-refractivity contribution in [1.82, 2.24) is 0 Å². The second-order valence-corrected chi connectivity index (χ2v) is 7.45. The van der Waals surface area contributed by atoms with Gasteiger partial charge in [0.05, 0.1) is 0 Å². The predicted octanol–water partition coefficient (Wildman–Crippen LogP) is 4.47. The van der Waals surface area contributed by atoms with Crippen LogP contribution in [0.25, 0.3) is 0 Å². The Hall–Kier alpha value is -1.11. The number of hydrogen-bond acceptors (Lipinski definition) is 1. The molecule has 0 radical (unpaired) electrons. The minimum Gasteiger partial charge on any atom is -0.295 e. The smallest absolute Gasteiger partial charge is 0.160 e. The van der Waals surface area contributed by atoms with E-state index in [2.05, 4.69) is 33.8 Å². The van der Waals surface area contributed by atoms with E-state index >= 15 is 0 Å². The van der Waals surface area contributed by atoms with Crippen LogP contribution >= 0.6 is 0 Å². The normalized spacial score (nSPS) is 27.2. The fourth-order valence-electron chi connectivity index (χ4n) is 4.24. The highest BCUT2D eigenvalue weighted by molar-refractivity contribution is 5.96. The van der Waals surface area contributed by atoms with Crippen molar-refractivity contribution in [2.45, 2.75) is 71.1 Å². The molecule has 1 nitrogen and oxygen atoms in total. The van der Waals surface area contributed by atoms with Crippen LogP contribution in [0, 0.1) is 6.92 Å². The molecule has 0 N–H and O–H groups in total. The average Bonchev–Trinajstić information content (AvgIpc) is 2.66. The topological polar surface area (TPSA) is 17.1 Å². The van der Waals surface area contributed by atoms with Crippen molar-refractivity contribution in [1.29, 1.82) is 0 Å². The summed E-state index contributed by atoms with van der Waals surface area (Å²) >= 11 is 0. The average molecular weight is 256 g/mol. The third kappa shape index (κ3) is 1.63. The van der Waals surface area contributed by atoms with Crippen LogP contribution in [-0.4, -0.2) is 5.78 Å². The minimum atomic E-state index is 0.214. The summed E-state index contributed by atoms with van der Waals surface area (Å²) in [6.45, 7) is 10.9. The fraction of sp³-hybridized carbons (Fsp3) is 0.611. The first kappa shape index (κ1) is 12.9. The maximum absolute atomic E-state index is 11.9. The molecule has 1 aromatic carbocycles. The minimum absolute atomic E-state index is 0.214. The number of carbonyl (C=O) groups excluding carboxylic acids is 1. The largest absolute Gasteiger partial charge is 0.295 e. The van der Waals surface area contributed by atoms with Crippen molar-refractivity contribution < 1.29 is 4.79 Å². The Morgan fingerprint density at radius 1 is 1.16 bits per heavy atom. The van der Waals surface area contributed by atoms with E-state index in [1.807, 2.05) is 0 Å². The summed E-state index contributed by atoms with van der Waals surface area (Å²) in [5.74, 6) is 0.214. The maximum Gasteiger partial charge on any atom is 0.160 e. The number of carbonyl (C=O) groups is 1. The van der Waals surface area contributed by atoms with E-state index in [4.69, 9.17) is 0 Å². The van der Waals surface area contributed by atoms with Gasteiger partial charge in [-0.25, -0.2) is 0 Å². The summed E-state index contributed by atoms with van der Waals surface area (Å²) in [5, 5.41) is 0. The molecule has 2 aliphatic rings. The highest BCUT2D eigenvalue weighted by Crippen LogP contribution is 2.54. The van der Waals surface area contributed by atoms with Gasteiger partial charge >= 0.3 is 0 Å². The van der Waals surface area contributed by atoms with Gasteiger partial charge in [0.15, 0.2) is 5.78 Å². The van der Waals surface area contributed by atoms with Gasteiger partial charge in [-0.15, -0.1) is 0 Å². The third-order valence-corrected chi connectivity index (χ3v) is 5.66. The lowest BCUT2D eigenvalue weighted by Crippen LogP contribution is -2.34. The van der Waals surface area contributed by atoms with Gasteiger partial charge in [-0.05, 0) is 78.7 Å². The summed E-state index contributed by atoms with van der Waals surface area (Å²) in [7, 11) is 0. The summed E-state index contributed by atoms with van der Waals surface area (Å²) in [4.78, 5) is 11.9. The van der Waals surface area contributed by atoms with Crippen molar-refractivity contribution >= 4 is 5.78 Å². The van der Waals surface area contributed by atoms with Crippen LogP contribution in [0.5, 0.6) is 0 Å². The molecule has 1 unspecified atom stereocenters. The van der Waals surface area contributed by atoms with Gasteiger partial charge in [0.1, 0.15) is 0 Å². The van der Waals surface area contributed by atoms with Gasteiger partial charge in [-0.2, -0.15) is 0 Å². The molecule has 0 aliphatic heterocycles. The van der Waals surface area contributed by atoms with Crippen molar-refractivity contribution in [3.63, 3.8) is 0 Å². The first-order valence-corrected chi connectivity index (χ1v) is 7.45. The molecule has 0 saturated heterocycles. The van der Waals surface area contributed by atoms with Gasteiger partial charge in [0.25, 0.3) is 0 Å². The second kappa shape index (κ2) is 3.71. The Bertz CT molecular complexity index is 580. The molecule has 102 valence electrons. The van der Waals surface area contributed by atoms with Crippen molar-refractivity contribution in [3.8, 4) is 0 Å². The zero-order chi connectivity index (χ0) is 14.0. The van der Waals surface area contributed by atoms with Gasteiger partial charge in [-0.1, -0.05) is 20.8 Å². The molecule has 19 heavy (non-hydrogen) atoms. The lowest BCUT2D eigenvalue weighted by Gasteiger charge is -2.42. The van der Waals surface area contributed by atoms with Gasteiger partial charge < -0.3 is 0 Å². The molecular weight excluding hydrogens is 232 g/mol. The highest BCUT2D eigenvalue weighted by atomic mass is 16.1. The van der Waals surface area contributed by atoms with E-state index in [0.29, 0.717) is 5.41 Å². The van der Waals surface area contributed by atoms with E-state index in [9.17, 15) is 4.79 Å². The molecule has 0 spiro atoms. The maximum atomic E-state index is 11.9. The quantitative estimate of drug-likeness (QED) is 0.677. The van der Waals surface area contributed by atoms with Crippen LogP contribution in [0.4, 0.5) is 0 Å². The highest BCUT2D eigenvalue weighted by Gasteiger charge is 2.45. The molecule has 1 atom stereocenters. The van der Waals surface area contributed by atoms with Crippen molar-refractivity contribution in [2.75, 3.05) is 0 Å². The summed E-state index contributed by atoms with van der Waals surface area (Å²) in [5.41, 5.74) is 7.29. The summed E-state index contributed by atoms with van der Waals surface area (Å²) in [6, 6.07) is 2.21. The number of rotatable bonds is 1. The van der Waals surface area contributed by atoms with Gasteiger partial charge in [0, 0.05) is 5.56 Å². The zero-order valence-electron chi connectivity index (χ0n) is 12.8. The van der Waals surface area contributed by atoms with E-state index in [-0.39, 0.29) is 11.2 Å². The Kier molecular flexibility index (Phi) is 2.52. The van der Waals surface area contributed by atoms with E-state index in [1.165, 1.54) is 36.0 Å². The van der Waals surface area contributed by atoms with Gasteiger partial charge in [-0.3, -0.25) is 4.79 Å². The second-order valence-electron chi connectivity index (χ2n) is 7.45. The standard InChI is InChI=1S/C18H24O/c1-11-13-6-7-18(5)9-8-17(3,4)15(16(13)18)10-14(11)12(2)19/h10H,6-9H2,1-5H3. The molecule has 3 rings (SSSR count).